The van der Waals surface area contributed by atoms with E-state index in [0.29, 0.717) is 28.9 Å². The molecule has 3 aromatic carbocycles. The van der Waals surface area contributed by atoms with Gasteiger partial charge in [0.05, 0.1) is 28.7 Å². The summed E-state index contributed by atoms with van der Waals surface area (Å²) >= 11 is 12.5. The second-order valence-electron chi connectivity index (χ2n) is 6.53. The number of anilines is 3. The van der Waals surface area contributed by atoms with Crippen LogP contribution in [0.3, 0.4) is 0 Å². The highest BCUT2D eigenvalue weighted by Crippen LogP contribution is 2.33. The Morgan fingerprint density at radius 1 is 0.931 bits per heavy atom. The van der Waals surface area contributed by atoms with Gasteiger partial charge in [0, 0.05) is 18.4 Å². The molecule has 0 fully saturated rings. The largest absolute Gasteiger partial charge is 0.464 e. The van der Waals surface area contributed by atoms with Crippen molar-refractivity contribution < 1.29 is 9.53 Å². The highest BCUT2D eigenvalue weighted by Gasteiger charge is 2.12. The predicted molar refractivity (Wildman–Crippen MR) is 121 cm³/mol. The Labute approximate surface area is 181 Å². The molecule has 0 radical (unpaired) electrons. The Morgan fingerprint density at radius 2 is 1.59 bits per heavy atom. The number of para-hydroxylation sites is 3. The van der Waals surface area contributed by atoms with Crippen molar-refractivity contribution in [3.8, 4) is 0 Å². The van der Waals surface area contributed by atoms with Crippen LogP contribution < -0.4 is 10.2 Å². The second kappa shape index (κ2) is 10.2. The normalized spacial score (nSPS) is 10.4. The molecule has 0 saturated carbocycles. The van der Waals surface area contributed by atoms with Crippen LogP contribution in [-0.4, -0.2) is 26.2 Å². The first-order chi connectivity index (χ1) is 14.0. The number of halogens is 2. The number of nitrogens with one attached hydrogen (secondary N) is 1. The van der Waals surface area contributed by atoms with Gasteiger partial charge in [0.2, 0.25) is 0 Å². The smallest absolute Gasteiger partial charge is 0.310 e. The highest BCUT2D eigenvalue weighted by molar-refractivity contribution is 6.39. The molecule has 4 nitrogen and oxygen atoms in total. The zero-order valence-electron chi connectivity index (χ0n) is 16.1. The number of benzene rings is 3. The molecular formula is C23H22Cl2N2O2. The van der Waals surface area contributed by atoms with Gasteiger partial charge in [-0.2, -0.15) is 0 Å². The molecule has 0 bridgehead atoms. The van der Waals surface area contributed by atoms with Crippen LogP contribution in [0.4, 0.5) is 17.1 Å². The van der Waals surface area contributed by atoms with Gasteiger partial charge < -0.3 is 15.0 Å². The Kier molecular flexibility index (Phi) is 7.39. The van der Waals surface area contributed by atoms with Crippen molar-refractivity contribution in [1.29, 1.82) is 0 Å². The molecule has 0 amide bonds. The fourth-order valence-corrected chi connectivity index (χ4v) is 3.35. The zero-order chi connectivity index (χ0) is 20.6. The van der Waals surface area contributed by atoms with Gasteiger partial charge in [-0.1, -0.05) is 65.7 Å². The van der Waals surface area contributed by atoms with Crippen LogP contribution in [-0.2, 0) is 16.0 Å². The SMILES string of the molecule is CN(CCOC(=O)Cc1ccccc1Nc1c(Cl)cccc1Cl)c1ccccc1. The molecular weight excluding hydrogens is 407 g/mol. The lowest BCUT2D eigenvalue weighted by atomic mass is 10.1. The van der Waals surface area contributed by atoms with Gasteiger partial charge in [-0.3, -0.25) is 4.79 Å². The topological polar surface area (TPSA) is 41.6 Å². The lowest BCUT2D eigenvalue weighted by Crippen LogP contribution is -2.24. The number of carbonyl (C=O) groups excluding carboxylic acids is 1. The van der Waals surface area contributed by atoms with Crippen molar-refractivity contribution in [3.63, 3.8) is 0 Å². The lowest BCUT2D eigenvalue weighted by molar-refractivity contribution is -0.142. The van der Waals surface area contributed by atoms with Gasteiger partial charge >= 0.3 is 5.97 Å². The zero-order valence-corrected chi connectivity index (χ0v) is 17.6. The maximum Gasteiger partial charge on any atom is 0.310 e. The third-order valence-corrected chi connectivity index (χ3v) is 5.09. The van der Waals surface area contributed by atoms with Crippen molar-refractivity contribution >= 4 is 46.2 Å². The number of nitrogens with zero attached hydrogens (tertiary/aromatic N) is 1. The molecule has 0 heterocycles. The number of rotatable bonds is 8. The highest BCUT2D eigenvalue weighted by atomic mass is 35.5. The van der Waals surface area contributed by atoms with Crippen LogP contribution in [0.5, 0.6) is 0 Å². The minimum atomic E-state index is -0.286. The van der Waals surface area contributed by atoms with Crippen LogP contribution in [0.1, 0.15) is 5.56 Å². The minimum Gasteiger partial charge on any atom is -0.464 e. The van der Waals surface area contributed by atoms with Crippen molar-refractivity contribution in [2.45, 2.75) is 6.42 Å². The molecule has 0 saturated heterocycles. The van der Waals surface area contributed by atoms with E-state index in [0.717, 1.165) is 16.9 Å². The number of carbonyl (C=O) groups is 1. The van der Waals surface area contributed by atoms with Crippen molar-refractivity contribution in [2.75, 3.05) is 30.4 Å². The maximum atomic E-state index is 12.3. The molecule has 0 aliphatic rings. The third-order valence-electron chi connectivity index (χ3n) is 4.46. The van der Waals surface area contributed by atoms with E-state index in [1.54, 1.807) is 18.2 Å². The fraction of sp³-hybridized carbons (Fsp3) is 0.174. The summed E-state index contributed by atoms with van der Waals surface area (Å²) in [6.07, 6.45) is 0.153. The van der Waals surface area contributed by atoms with Crippen molar-refractivity contribution in [1.82, 2.24) is 0 Å². The van der Waals surface area contributed by atoms with E-state index in [-0.39, 0.29) is 12.4 Å². The molecule has 0 spiro atoms. The van der Waals surface area contributed by atoms with Gasteiger partial charge in [0.1, 0.15) is 6.61 Å². The summed E-state index contributed by atoms with van der Waals surface area (Å²) in [5.74, 6) is -0.286. The Balaban J connectivity index is 1.58. The van der Waals surface area contributed by atoms with E-state index >= 15 is 0 Å². The second-order valence-corrected chi connectivity index (χ2v) is 7.35. The summed E-state index contributed by atoms with van der Waals surface area (Å²) in [6.45, 7) is 0.932. The van der Waals surface area contributed by atoms with Crippen LogP contribution in [0.25, 0.3) is 0 Å². The van der Waals surface area contributed by atoms with Crippen LogP contribution in [0, 0.1) is 0 Å². The van der Waals surface area contributed by atoms with E-state index in [4.69, 9.17) is 27.9 Å². The fourth-order valence-electron chi connectivity index (χ4n) is 2.86. The van der Waals surface area contributed by atoms with E-state index < -0.39 is 0 Å². The number of hydrogen-bond acceptors (Lipinski definition) is 4. The molecule has 29 heavy (non-hydrogen) atoms. The van der Waals surface area contributed by atoms with Crippen LogP contribution in [0.2, 0.25) is 10.0 Å². The molecule has 6 heteroatoms. The molecule has 0 aromatic heterocycles. The summed E-state index contributed by atoms with van der Waals surface area (Å²) in [4.78, 5) is 14.4. The molecule has 1 N–H and O–H groups in total. The first kappa shape index (κ1) is 21.0. The monoisotopic (exact) mass is 428 g/mol. The first-order valence-electron chi connectivity index (χ1n) is 9.25. The Hall–Kier alpha value is -2.69. The predicted octanol–water partition coefficient (Wildman–Crippen LogP) is 5.96. The van der Waals surface area contributed by atoms with Crippen molar-refractivity contribution in [2.24, 2.45) is 0 Å². The first-order valence-corrected chi connectivity index (χ1v) is 10.0. The molecule has 3 aromatic rings. The minimum absolute atomic E-state index is 0.153. The number of esters is 1. The summed E-state index contributed by atoms with van der Waals surface area (Å²) in [6, 6.07) is 22.8. The van der Waals surface area contributed by atoms with E-state index in [1.807, 2.05) is 66.5 Å². The van der Waals surface area contributed by atoms with Gasteiger partial charge in [-0.05, 0) is 35.9 Å². The summed E-state index contributed by atoms with van der Waals surface area (Å²) < 4.78 is 5.43. The summed E-state index contributed by atoms with van der Waals surface area (Å²) in [5, 5.41) is 4.26. The summed E-state index contributed by atoms with van der Waals surface area (Å²) in [5.41, 5.74) is 3.27. The standard InChI is InChI=1S/C23H22Cl2N2O2/c1-27(18-9-3-2-4-10-18)14-15-29-22(28)16-17-8-5-6-13-21(17)26-23-19(24)11-7-12-20(23)25/h2-13,26H,14-16H2,1H3. The van der Waals surface area contributed by atoms with Crippen molar-refractivity contribution in [3.05, 3.63) is 88.4 Å². The number of ether oxygens (including phenoxy) is 1. The molecule has 150 valence electrons. The molecule has 0 unspecified atom stereocenters. The van der Waals surface area contributed by atoms with Crippen LogP contribution >= 0.6 is 23.2 Å². The maximum absolute atomic E-state index is 12.3. The van der Waals surface area contributed by atoms with Gasteiger partial charge in [0.25, 0.3) is 0 Å². The van der Waals surface area contributed by atoms with Crippen LogP contribution in [0.15, 0.2) is 72.8 Å². The average molecular weight is 429 g/mol. The van der Waals surface area contributed by atoms with E-state index in [2.05, 4.69) is 5.32 Å². The Morgan fingerprint density at radius 3 is 2.31 bits per heavy atom. The average Bonchev–Trinajstić information content (AvgIpc) is 2.72. The molecule has 3 rings (SSSR count). The molecule has 0 aliphatic carbocycles. The summed E-state index contributed by atoms with van der Waals surface area (Å²) in [7, 11) is 1.97. The molecule has 0 atom stereocenters. The van der Waals surface area contributed by atoms with E-state index in [1.165, 1.54) is 0 Å². The third kappa shape index (κ3) is 5.89. The lowest BCUT2D eigenvalue weighted by Gasteiger charge is -2.19. The quantitative estimate of drug-likeness (QED) is 0.449. The Bertz CT molecular complexity index is 944. The van der Waals surface area contributed by atoms with Gasteiger partial charge in [0.15, 0.2) is 0 Å². The number of hydrogen-bond donors (Lipinski definition) is 1. The van der Waals surface area contributed by atoms with Gasteiger partial charge in [-0.25, -0.2) is 0 Å². The van der Waals surface area contributed by atoms with Gasteiger partial charge in [-0.15, -0.1) is 0 Å². The number of likely N-dealkylation sites (N-methyl/N-ethyl adjacent to an activating group) is 1. The van der Waals surface area contributed by atoms with E-state index in [9.17, 15) is 4.79 Å². The molecule has 0 aliphatic heterocycles.